The Balaban J connectivity index is 1.86. The molecule has 0 bridgehead atoms. The lowest BCUT2D eigenvalue weighted by atomic mass is 10.1. The predicted octanol–water partition coefficient (Wildman–Crippen LogP) is 4.30. The molecule has 0 unspecified atom stereocenters. The Morgan fingerprint density at radius 2 is 1.50 bits per heavy atom. The predicted molar refractivity (Wildman–Crippen MR) is 97.6 cm³/mol. The zero-order valence-electron chi connectivity index (χ0n) is 13.9. The molecule has 1 aliphatic heterocycles. The lowest BCUT2D eigenvalue weighted by Crippen LogP contribution is -2.30. The van der Waals surface area contributed by atoms with Crippen LogP contribution in [0.1, 0.15) is 19.3 Å². The highest BCUT2D eigenvalue weighted by molar-refractivity contribution is 5.83. The van der Waals surface area contributed by atoms with E-state index < -0.39 is 0 Å². The Bertz CT molecular complexity index is 839. The summed E-state index contributed by atoms with van der Waals surface area (Å²) in [5.74, 6) is 1.85. The molecule has 122 valence electrons. The van der Waals surface area contributed by atoms with Crippen LogP contribution in [0.4, 0.5) is 5.82 Å². The van der Waals surface area contributed by atoms with Crippen molar-refractivity contribution < 1.29 is 4.74 Å². The number of piperidine rings is 1. The first kappa shape index (κ1) is 14.9. The van der Waals surface area contributed by atoms with Crippen LogP contribution in [-0.4, -0.2) is 30.2 Å². The highest BCUT2D eigenvalue weighted by atomic mass is 16.5. The van der Waals surface area contributed by atoms with Gasteiger partial charge in [-0.05, 0) is 55.7 Å². The van der Waals surface area contributed by atoms with Gasteiger partial charge in [-0.15, -0.1) is 0 Å². The fourth-order valence-corrected chi connectivity index (χ4v) is 3.26. The average molecular weight is 319 g/mol. The maximum absolute atomic E-state index is 5.28. The van der Waals surface area contributed by atoms with Crippen LogP contribution >= 0.6 is 0 Å². The smallest absolute Gasteiger partial charge is 0.155 e. The summed E-state index contributed by atoms with van der Waals surface area (Å²) in [5.41, 5.74) is 3.92. The molecule has 2 aromatic carbocycles. The molecule has 0 saturated carbocycles. The number of benzene rings is 2. The second-order valence-corrected chi connectivity index (χ2v) is 6.16. The number of aromatic nitrogens is 2. The molecule has 0 N–H and O–H groups in total. The molecule has 0 radical (unpaired) electrons. The minimum atomic E-state index is 0.854. The van der Waals surface area contributed by atoms with E-state index in [4.69, 9.17) is 14.7 Å². The molecule has 1 aromatic heterocycles. The van der Waals surface area contributed by atoms with Crippen molar-refractivity contribution in [2.24, 2.45) is 0 Å². The summed E-state index contributed by atoms with van der Waals surface area (Å²) in [6.45, 7) is 2.10. The van der Waals surface area contributed by atoms with Gasteiger partial charge in [-0.3, -0.25) is 0 Å². The van der Waals surface area contributed by atoms with Crippen molar-refractivity contribution in [3.8, 4) is 17.0 Å². The second-order valence-electron chi connectivity index (χ2n) is 6.16. The van der Waals surface area contributed by atoms with Crippen molar-refractivity contribution in [2.75, 3.05) is 25.1 Å². The molecule has 2 heterocycles. The van der Waals surface area contributed by atoms with Crippen LogP contribution in [0.3, 0.4) is 0 Å². The molecule has 0 amide bonds. The van der Waals surface area contributed by atoms with Gasteiger partial charge in [0.2, 0.25) is 0 Å². The number of anilines is 1. The molecule has 1 fully saturated rings. The van der Waals surface area contributed by atoms with E-state index in [9.17, 15) is 0 Å². The van der Waals surface area contributed by atoms with E-state index in [2.05, 4.69) is 17.0 Å². The maximum atomic E-state index is 5.28. The zero-order valence-corrected chi connectivity index (χ0v) is 13.9. The minimum Gasteiger partial charge on any atom is -0.497 e. The first-order chi connectivity index (χ1) is 11.8. The standard InChI is InChI=1S/C20H21N3O/c1-24-16-11-9-15(10-12-16)19-20(23-13-5-2-6-14-23)22-18-8-4-3-7-17(18)21-19/h3-4,7-12H,2,5-6,13-14H2,1H3. The van der Waals surface area contributed by atoms with Crippen LogP contribution in [-0.2, 0) is 0 Å². The van der Waals surface area contributed by atoms with Crippen molar-refractivity contribution in [3.05, 3.63) is 48.5 Å². The Labute approximate surface area is 142 Å². The van der Waals surface area contributed by atoms with Gasteiger partial charge in [0, 0.05) is 18.7 Å². The van der Waals surface area contributed by atoms with Gasteiger partial charge in [0.1, 0.15) is 11.4 Å². The van der Waals surface area contributed by atoms with E-state index >= 15 is 0 Å². The van der Waals surface area contributed by atoms with Gasteiger partial charge in [-0.2, -0.15) is 0 Å². The highest BCUT2D eigenvalue weighted by Gasteiger charge is 2.19. The van der Waals surface area contributed by atoms with Gasteiger partial charge in [-0.1, -0.05) is 12.1 Å². The number of methoxy groups -OCH3 is 1. The number of para-hydroxylation sites is 2. The molecular formula is C20H21N3O. The van der Waals surface area contributed by atoms with Gasteiger partial charge < -0.3 is 9.64 Å². The summed E-state index contributed by atoms with van der Waals surface area (Å²) in [7, 11) is 1.68. The number of nitrogens with zero attached hydrogens (tertiary/aromatic N) is 3. The van der Waals surface area contributed by atoms with Crippen molar-refractivity contribution in [1.82, 2.24) is 9.97 Å². The Morgan fingerprint density at radius 1 is 0.833 bits per heavy atom. The van der Waals surface area contributed by atoms with E-state index in [1.165, 1.54) is 19.3 Å². The van der Waals surface area contributed by atoms with Crippen LogP contribution in [0.25, 0.3) is 22.3 Å². The fraction of sp³-hybridized carbons (Fsp3) is 0.300. The summed E-state index contributed by atoms with van der Waals surface area (Å²) in [6.07, 6.45) is 3.74. The Kier molecular flexibility index (Phi) is 4.03. The largest absolute Gasteiger partial charge is 0.497 e. The molecule has 4 nitrogen and oxygen atoms in total. The number of ether oxygens (including phenoxy) is 1. The van der Waals surface area contributed by atoms with Crippen molar-refractivity contribution in [3.63, 3.8) is 0 Å². The zero-order chi connectivity index (χ0) is 16.4. The Hall–Kier alpha value is -2.62. The van der Waals surface area contributed by atoms with E-state index in [-0.39, 0.29) is 0 Å². The average Bonchev–Trinajstić information content (AvgIpc) is 2.68. The van der Waals surface area contributed by atoms with E-state index in [1.807, 2.05) is 36.4 Å². The number of rotatable bonds is 3. The molecule has 0 aliphatic carbocycles. The van der Waals surface area contributed by atoms with Crippen LogP contribution in [0.5, 0.6) is 5.75 Å². The lowest BCUT2D eigenvalue weighted by Gasteiger charge is -2.29. The van der Waals surface area contributed by atoms with Crippen molar-refractivity contribution in [2.45, 2.75) is 19.3 Å². The minimum absolute atomic E-state index is 0.854. The van der Waals surface area contributed by atoms with E-state index in [0.717, 1.165) is 46.9 Å². The van der Waals surface area contributed by atoms with Gasteiger partial charge >= 0.3 is 0 Å². The molecule has 0 atom stereocenters. The third kappa shape index (κ3) is 2.80. The van der Waals surface area contributed by atoms with Crippen molar-refractivity contribution in [1.29, 1.82) is 0 Å². The maximum Gasteiger partial charge on any atom is 0.155 e. The summed E-state index contributed by atoms with van der Waals surface area (Å²) in [5, 5.41) is 0. The van der Waals surface area contributed by atoms with Gasteiger partial charge in [-0.25, -0.2) is 9.97 Å². The van der Waals surface area contributed by atoms with Gasteiger partial charge in [0.05, 0.1) is 18.1 Å². The lowest BCUT2D eigenvalue weighted by molar-refractivity contribution is 0.415. The summed E-state index contributed by atoms with van der Waals surface area (Å²) in [6, 6.07) is 16.2. The fourth-order valence-electron chi connectivity index (χ4n) is 3.26. The number of hydrogen-bond acceptors (Lipinski definition) is 4. The normalized spacial score (nSPS) is 14.8. The molecule has 1 saturated heterocycles. The highest BCUT2D eigenvalue weighted by Crippen LogP contribution is 2.32. The molecule has 4 rings (SSSR count). The van der Waals surface area contributed by atoms with Crippen LogP contribution in [0.2, 0.25) is 0 Å². The van der Waals surface area contributed by atoms with Crippen LogP contribution in [0, 0.1) is 0 Å². The summed E-state index contributed by atoms with van der Waals surface area (Å²) < 4.78 is 5.28. The molecular weight excluding hydrogens is 298 g/mol. The monoisotopic (exact) mass is 319 g/mol. The van der Waals surface area contributed by atoms with Crippen LogP contribution < -0.4 is 9.64 Å². The molecule has 3 aromatic rings. The second kappa shape index (κ2) is 6.48. The topological polar surface area (TPSA) is 38.3 Å². The summed E-state index contributed by atoms with van der Waals surface area (Å²) in [4.78, 5) is 12.3. The van der Waals surface area contributed by atoms with Gasteiger partial charge in [0.25, 0.3) is 0 Å². The molecule has 24 heavy (non-hydrogen) atoms. The quantitative estimate of drug-likeness (QED) is 0.721. The molecule has 1 aliphatic rings. The van der Waals surface area contributed by atoms with E-state index in [1.54, 1.807) is 7.11 Å². The number of hydrogen-bond donors (Lipinski definition) is 0. The number of fused-ring (bicyclic) bond motifs is 1. The molecule has 0 spiro atoms. The third-order valence-corrected chi connectivity index (χ3v) is 4.57. The third-order valence-electron chi connectivity index (χ3n) is 4.57. The van der Waals surface area contributed by atoms with Crippen molar-refractivity contribution >= 4 is 16.9 Å². The van der Waals surface area contributed by atoms with Gasteiger partial charge in [0.15, 0.2) is 5.82 Å². The van der Waals surface area contributed by atoms with E-state index in [0.29, 0.717) is 0 Å². The first-order valence-corrected chi connectivity index (χ1v) is 8.51. The van der Waals surface area contributed by atoms with Crippen LogP contribution in [0.15, 0.2) is 48.5 Å². The summed E-state index contributed by atoms with van der Waals surface area (Å²) >= 11 is 0. The molecule has 4 heteroatoms. The first-order valence-electron chi connectivity index (χ1n) is 8.51. The SMILES string of the molecule is COc1ccc(-c2nc3ccccc3nc2N2CCCCC2)cc1. The Morgan fingerprint density at radius 3 is 2.17 bits per heavy atom.